The summed E-state index contributed by atoms with van der Waals surface area (Å²) in [5.74, 6) is 1.08. The fourth-order valence-electron chi connectivity index (χ4n) is 2.04. The third kappa shape index (κ3) is 7.05. The predicted molar refractivity (Wildman–Crippen MR) is 111 cm³/mol. The molecule has 0 radical (unpaired) electrons. The van der Waals surface area contributed by atoms with Crippen molar-refractivity contribution in [3.63, 3.8) is 0 Å². The van der Waals surface area contributed by atoms with Crippen LogP contribution in [-0.2, 0) is 16.1 Å². The molecule has 0 atom stereocenters. The van der Waals surface area contributed by atoms with Crippen molar-refractivity contribution in [1.29, 1.82) is 0 Å². The number of thioether (sulfide) groups is 1. The number of pyridine rings is 1. The van der Waals surface area contributed by atoms with Crippen LogP contribution in [0.15, 0.2) is 47.1 Å². The summed E-state index contributed by atoms with van der Waals surface area (Å²) in [5.41, 5.74) is 1.66. The molecule has 0 spiro atoms. The Labute approximate surface area is 165 Å². The number of hydrogen-bond acceptors (Lipinski definition) is 5. The van der Waals surface area contributed by atoms with Crippen molar-refractivity contribution in [1.82, 2.24) is 10.3 Å². The molecule has 0 aliphatic carbocycles. The van der Waals surface area contributed by atoms with Gasteiger partial charge in [-0.25, -0.2) is 4.98 Å². The first-order valence-electron chi connectivity index (χ1n) is 7.96. The van der Waals surface area contributed by atoms with Gasteiger partial charge in [0, 0.05) is 37.0 Å². The van der Waals surface area contributed by atoms with Crippen LogP contribution in [0.25, 0.3) is 0 Å². The van der Waals surface area contributed by atoms with Crippen LogP contribution in [0.3, 0.4) is 0 Å². The van der Waals surface area contributed by atoms with E-state index in [2.05, 4.69) is 31.5 Å². The molecule has 0 aliphatic heterocycles. The molecule has 8 heteroatoms. The maximum absolute atomic E-state index is 11.9. The zero-order chi connectivity index (χ0) is 18.9. The Bertz CT molecular complexity index is 753. The number of anilines is 2. The molecule has 138 valence electrons. The molecule has 1 aromatic heterocycles. The lowest BCUT2D eigenvalue weighted by Crippen LogP contribution is -2.25. The molecule has 0 fully saturated rings. The van der Waals surface area contributed by atoms with Gasteiger partial charge in [-0.05, 0) is 29.8 Å². The number of benzene rings is 1. The van der Waals surface area contributed by atoms with E-state index in [1.807, 2.05) is 55.4 Å². The maximum atomic E-state index is 11.9. The number of carbonyl (C=O) groups excluding carboxylic acids is 2. The second kappa shape index (κ2) is 10.2. The van der Waals surface area contributed by atoms with Gasteiger partial charge in [0.2, 0.25) is 11.8 Å². The van der Waals surface area contributed by atoms with Gasteiger partial charge in [0.15, 0.2) is 0 Å². The molecule has 6 nitrogen and oxygen atoms in total. The number of hydrogen-bond donors (Lipinski definition) is 2. The van der Waals surface area contributed by atoms with Gasteiger partial charge in [-0.15, -0.1) is 11.8 Å². The normalized spacial score (nSPS) is 10.3. The summed E-state index contributed by atoms with van der Waals surface area (Å²) in [6.07, 6.45) is 1.74. The minimum Gasteiger partial charge on any atom is -0.363 e. The first-order chi connectivity index (χ1) is 12.4. The minimum absolute atomic E-state index is 0.109. The summed E-state index contributed by atoms with van der Waals surface area (Å²) >= 11 is 4.63. The molecule has 26 heavy (non-hydrogen) atoms. The standard InChI is InChI=1S/C18H21BrN4O2S/c1-23(2)16-7-6-13(9-20-16)10-21-17(24)11-26-12-18(25)22-15-5-3-4-14(19)8-15/h3-9H,10-12H2,1-2H3,(H,21,24)(H,22,25). The smallest absolute Gasteiger partial charge is 0.234 e. The van der Waals surface area contributed by atoms with Crippen LogP contribution in [0.1, 0.15) is 5.56 Å². The highest BCUT2D eigenvalue weighted by molar-refractivity contribution is 9.10. The Kier molecular flexibility index (Phi) is 7.93. The van der Waals surface area contributed by atoms with E-state index < -0.39 is 0 Å². The summed E-state index contributed by atoms with van der Waals surface area (Å²) in [4.78, 5) is 30.0. The average Bonchev–Trinajstić information content (AvgIpc) is 2.60. The zero-order valence-electron chi connectivity index (χ0n) is 14.7. The van der Waals surface area contributed by atoms with Crippen molar-refractivity contribution in [2.45, 2.75) is 6.54 Å². The van der Waals surface area contributed by atoms with Crippen molar-refractivity contribution in [3.05, 3.63) is 52.6 Å². The van der Waals surface area contributed by atoms with Crippen LogP contribution in [0.5, 0.6) is 0 Å². The van der Waals surface area contributed by atoms with Crippen LogP contribution in [-0.4, -0.2) is 42.4 Å². The summed E-state index contributed by atoms with van der Waals surface area (Å²) in [7, 11) is 3.85. The van der Waals surface area contributed by atoms with Gasteiger partial charge < -0.3 is 15.5 Å². The van der Waals surface area contributed by atoms with Gasteiger partial charge in [-0.1, -0.05) is 28.1 Å². The Morgan fingerprint density at radius 2 is 1.92 bits per heavy atom. The summed E-state index contributed by atoms with van der Waals surface area (Å²) < 4.78 is 0.899. The number of amides is 2. The summed E-state index contributed by atoms with van der Waals surface area (Å²) in [6, 6.07) is 11.2. The van der Waals surface area contributed by atoms with E-state index in [0.717, 1.165) is 21.5 Å². The van der Waals surface area contributed by atoms with Crippen molar-refractivity contribution < 1.29 is 9.59 Å². The van der Waals surface area contributed by atoms with Crippen molar-refractivity contribution in [3.8, 4) is 0 Å². The van der Waals surface area contributed by atoms with Crippen molar-refractivity contribution in [2.24, 2.45) is 0 Å². The first kappa shape index (κ1) is 20.3. The zero-order valence-corrected chi connectivity index (χ0v) is 17.1. The molecule has 2 aromatic rings. The fourth-order valence-corrected chi connectivity index (χ4v) is 3.08. The highest BCUT2D eigenvalue weighted by Gasteiger charge is 2.07. The number of nitrogens with one attached hydrogen (secondary N) is 2. The largest absolute Gasteiger partial charge is 0.363 e. The highest BCUT2D eigenvalue weighted by atomic mass is 79.9. The quantitative estimate of drug-likeness (QED) is 0.665. The maximum Gasteiger partial charge on any atom is 0.234 e. The van der Waals surface area contributed by atoms with E-state index in [-0.39, 0.29) is 23.3 Å². The van der Waals surface area contributed by atoms with Gasteiger partial charge in [0.05, 0.1) is 11.5 Å². The van der Waals surface area contributed by atoms with Gasteiger partial charge in [0.1, 0.15) is 5.82 Å². The van der Waals surface area contributed by atoms with E-state index in [4.69, 9.17) is 0 Å². The third-order valence-corrected chi connectivity index (χ3v) is 4.76. The number of aromatic nitrogens is 1. The molecule has 2 N–H and O–H groups in total. The van der Waals surface area contributed by atoms with E-state index in [1.165, 1.54) is 11.8 Å². The van der Waals surface area contributed by atoms with Crippen LogP contribution in [0.4, 0.5) is 11.5 Å². The van der Waals surface area contributed by atoms with Crippen LogP contribution < -0.4 is 15.5 Å². The van der Waals surface area contributed by atoms with Gasteiger partial charge >= 0.3 is 0 Å². The molecule has 2 rings (SSSR count). The van der Waals surface area contributed by atoms with Crippen LogP contribution in [0, 0.1) is 0 Å². The molecule has 2 amide bonds. The monoisotopic (exact) mass is 436 g/mol. The van der Waals surface area contributed by atoms with E-state index in [9.17, 15) is 9.59 Å². The van der Waals surface area contributed by atoms with Crippen LogP contribution >= 0.6 is 27.7 Å². The first-order valence-corrected chi connectivity index (χ1v) is 9.91. The predicted octanol–water partition coefficient (Wildman–Crippen LogP) is 2.90. The number of carbonyl (C=O) groups is 2. The van der Waals surface area contributed by atoms with E-state index >= 15 is 0 Å². The highest BCUT2D eigenvalue weighted by Crippen LogP contribution is 2.16. The fraction of sp³-hybridized carbons (Fsp3) is 0.278. The Morgan fingerprint density at radius 3 is 2.58 bits per heavy atom. The molecule has 0 saturated carbocycles. The van der Waals surface area contributed by atoms with Gasteiger partial charge in [-0.2, -0.15) is 0 Å². The second-order valence-electron chi connectivity index (χ2n) is 5.75. The minimum atomic E-state index is -0.135. The topological polar surface area (TPSA) is 74.3 Å². The molecule has 0 bridgehead atoms. The number of halogens is 1. The van der Waals surface area contributed by atoms with Gasteiger partial charge in [-0.3, -0.25) is 9.59 Å². The average molecular weight is 437 g/mol. The summed E-state index contributed by atoms with van der Waals surface area (Å²) in [6.45, 7) is 0.421. The molecular weight excluding hydrogens is 416 g/mol. The Balaban J connectivity index is 1.66. The molecule has 0 unspecified atom stereocenters. The lowest BCUT2D eigenvalue weighted by molar-refractivity contribution is -0.118. The lowest BCUT2D eigenvalue weighted by atomic mass is 10.3. The Morgan fingerprint density at radius 1 is 1.15 bits per heavy atom. The summed E-state index contributed by atoms with van der Waals surface area (Å²) in [5, 5.41) is 5.62. The van der Waals surface area contributed by atoms with Crippen LogP contribution in [0.2, 0.25) is 0 Å². The van der Waals surface area contributed by atoms with Gasteiger partial charge in [0.25, 0.3) is 0 Å². The molecule has 1 aromatic carbocycles. The lowest BCUT2D eigenvalue weighted by Gasteiger charge is -2.11. The second-order valence-corrected chi connectivity index (χ2v) is 7.65. The third-order valence-electron chi connectivity index (χ3n) is 3.33. The molecule has 0 saturated heterocycles. The molecule has 1 heterocycles. The van der Waals surface area contributed by atoms with Crippen molar-refractivity contribution >= 4 is 51.0 Å². The van der Waals surface area contributed by atoms with Crippen molar-refractivity contribution in [2.75, 3.05) is 35.8 Å². The van der Waals surface area contributed by atoms with E-state index in [0.29, 0.717) is 6.54 Å². The SMILES string of the molecule is CN(C)c1ccc(CNC(=O)CSCC(=O)Nc2cccc(Br)c2)cn1. The Hall–Kier alpha value is -2.06. The molecular formula is C18H21BrN4O2S. The van der Waals surface area contributed by atoms with E-state index in [1.54, 1.807) is 6.20 Å². The number of rotatable bonds is 8. The number of nitrogens with zero attached hydrogens (tertiary/aromatic N) is 2. The molecule has 0 aliphatic rings.